The second-order valence-corrected chi connectivity index (χ2v) is 14.9. The van der Waals surface area contributed by atoms with Crippen LogP contribution < -0.4 is 4.90 Å². The molecule has 11 rings (SSSR count). The molecule has 0 fully saturated rings. The van der Waals surface area contributed by atoms with Gasteiger partial charge >= 0.3 is 0 Å². The minimum Gasteiger partial charge on any atom is -0.309 e. The van der Waals surface area contributed by atoms with Gasteiger partial charge in [-0.15, -0.1) is 0 Å². The normalized spacial score (nSPS) is 13.6. The monoisotopic (exact) mass is 676 g/mol. The van der Waals surface area contributed by atoms with Gasteiger partial charge in [-0.05, 0) is 109 Å². The van der Waals surface area contributed by atoms with Crippen LogP contribution >= 0.6 is 0 Å². The van der Waals surface area contributed by atoms with Crippen molar-refractivity contribution in [3.63, 3.8) is 0 Å². The van der Waals surface area contributed by atoms with Crippen molar-refractivity contribution in [3.8, 4) is 16.8 Å². The molecule has 2 heterocycles. The summed E-state index contributed by atoms with van der Waals surface area (Å²) in [4.78, 5) is 2.52. The standard InChI is InChI=1S/C51H36N2/c1-51(2)44-28-30-48-49(42-23-13-14-24-46(42)52(48)35-15-5-3-6-16-35)50(44)53(36-17-7-4-8-18-36)47-29-26-34(32-45(47)51)33-25-27-41-39-21-10-9-19-37(39)38-20-11-12-22-40(38)43(41)31-33/h3-32H,1-2H3. The van der Waals surface area contributed by atoms with Crippen molar-refractivity contribution in [2.24, 2.45) is 0 Å². The molecule has 0 aliphatic carbocycles. The van der Waals surface area contributed by atoms with Gasteiger partial charge < -0.3 is 9.47 Å². The molecule has 250 valence electrons. The smallest absolute Gasteiger partial charge is 0.0602 e. The minimum atomic E-state index is -0.268. The summed E-state index contributed by atoms with van der Waals surface area (Å²) in [5.41, 5.74) is 12.1. The number of anilines is 3. The van der Waals surface area contributed by atoms with Crippen LogP contribution in [0.3, 0.4) is 0 Å². The van der Waals surface area contributed by atoms with E-state index >= 15 is 0 Å². The summed E-state index contributed by atoms with van der Waals surface area (Å²) < 4.78 is 2.42. The number of aromatic nitrogens is 1. The average molecular weight is 677 g/mol. The van der Waals surface area contributed by atoms with E-state index < -0.39 is 0 Å². The fraction of sp³-hybridized carbons (Fsp3) is 0.0588. The van der Waals surface area contributed by atoms with Crippen molar-refractivity contribution in [2.45, 2.75) is 19.3 Å². The molecule has 1 aliphatic rings. The molecule has 0 radical (unpaired) electrons. The van der Waals surface area contributed by atoms with Crippen LogP contribution in [0.1, 0.15) is 25.0 Å². The van der Waals surface area contributed by atoms with E-state index in [1.807, 2.05) is 0 Å². The Kier molecular flexibility index (Phi) is 6.33. The van der Waals surface area contributed by atoms with Gasteiger partial charge in [-0.25, -0.2) is 0 Å². The topological polar surface area (TPSA) is 8.17 Å². The maximum Gasteiger partial charge on any atom is 0.0602 e. The summed E-state index contributed by atoms with van der Waals surface area (Å²) in [6.45, 7) is 4.80. The third-order valence-corrected chi connectivity index (χ3v) is 11.7. The molecule has 0 amide bonds. The first-order valence-electron chi connectivity index (χ1n) is 18.5. The zero-order valence-electron chi connectivity index (χ0n) is 29.7. The Morgan fingerprint density at radius 1 is 0.377 bits per heavy atom. The van der Waals surface area contributed by atoms with Gasteiger partial charge in [0.1, 0.15) is 0 Å². The molecule has 10 aromatic rings. The molecule has 0 N–H and O–H groups in total. The van der Waals surface area contributed by atoms with E-state index in [4.69, 9.17) is 0 Å². The number of para-hydroxylation sites is 3. The molecule has 53 heavy (non-hydrogen) atoms. The Morgan fingerprint density at radius 3 is 1.58 bits per heavy atom. The van der Waals surface area contributed by atoms with Crippen molar-refractivity contribution < 1.29 is 0 Å². The van der Waals surface area contributed by atoms with Crippen molar-refractivity contribution in [1.29, 1.82) is 0 Å². The number of benzene rings is 9. The summed E-state index contributed by atoms with van der Waals surface area (Å²) in [7, 11) is 0. The lowest BCUT2D eigenvalue weighted by Gasteiger charge is -2.42. The van der Waals surface area contributed by atoms with Crippen LogP contribution in [0.5, 0.6) is 0 Å². The number of hydrogen-bond donors (Lipinski definition) is 0. The summed E-state index contributed by atoms with van der Waals surface area (Å²) >= 11 is 0. The number of hydrogen-bond acceptors (Lipinski definition) is 1. The third kappa shape index (κ3) is 4.27. The molecule has 0 saturated heterocycles. The fourth-order valence-corrected chi connectivity index (χ4v) is 9.24. The highest BCUT2D eigenvalue weighted by Crippen LogP contribution is 2.56. The third-order valence-electron chi connectivity index (χ3n) is 11.7. The predicted octanol–water partition coefficient (Wildman–Crippen LogP) is 14.0. The zero-order valence-corrected chi connectivity index (χ0v) is 29.7. The number of rotatable bonds is 3. The number of nitrogens with zero attached hydrogens (tertiary/aromatic N) is 2. The van der Waals surface area contributed by atoms with Gasteiger partial charge in [0.15, 0.2) is 0 Å². The Balaban J connectivity index is 1.17. The van der Waals surface area contributed by atoms with Gasteiger partial charge in [0, 0.05) is 27.6 Å². The minimum absolute atomic E-state index is 0.268. The van der Waals surface area contributed by atoms with Gasteiger partial charge in [-0.2, -0.15) is 0 Å². The Labute approximate surface area is 308 Å². The van der Waals surface area contributed by atoms with Crippen LogP contribution in [-0.2, 0) is 5.41 Å². The Morgan fingerprint density at radius 2 is 0.906 bits per heavy atom. The molecular formula is C51H36N2. The molecule has 0 spiro atoms. The van der Waals surface area contributed by atoms with Crippen LogP contribution in [-0.4, -0.2) is 4.57 Å². The number of fused-ring (bicyclic) bond motifs is 12. The Bertz CT molecular complexity index is 3040. The van der Waals surface area contributed by atoms with E-state index in [1.54, 1.807) is 0 Å². The second-order valence-electron chi connectivity index (χ2n) is 14.9. The molecule has 1 aliphatic heterocycles. The predicted molar refractivity (Wildman–Crippen MR) is 226 cm³/mol. The molecule has 0 atom stereocenters. The summed E-state index contributed by atoms with van der Waals surface area (Å²) in [6.07, 6.45) is 0. The molecule has 2 heteroatoms. The van der Waals surface area contributed by atoms with Crippen LogP contribution in [0.4, 0.5) is 17.1 Å². The SMILES string of the molecule is CC1(C)c2cc(-c3ccc4c5ccccc5c5ccccc5c4c3)ccc2N(c2ccccc2)c2c1ccc1c2c2ccccc2n1-c1ccccc1. The average Bonchev–Trinajstić information content (AvgIpc) is 3.56. The van der Waals surface area contributed by atoms with Crippen LogP contribution in [0.25, 0.3) is 70.9 Å². The highest BCUT2D eigenvalue weighted by atomic mass is 15.2. The second kappa shape index (κ2) is 11.2. The van der Waals surface area contributed by atoms with Crippen LogP contribution in [0.2, 0.25) is 0 Å². The molecule has 0 bridgehead atoms. The first-order valence-corrected chi connectivity index (χ1v) is 18.5. The van der Waals surface area contributed by atoms with Crippen LogP contribution in [0.15, 0.2) is 182 Å². The highest BCUT2D eigenvalue weighted by Gasteiger charge is 2.39. The van der Waals surface area contributed by atoms with Gasteiger partial charge in [-0.3, -0.25) is 0 Å². The first-order chi connectivity index (χ1) is 26.1. The maximum absolute atomic E-state index is 2.52. The molecule has 0 saturated carbocycles. The molecule has 1 aromatic heterocycles. The summed E-state index contributed by atoms with van der Waals surface area (Å²) in [6, 6.07) is 67.1. The fourth-order valence-electron chi connectivity index (χ4n) is 9.24. The van der Waals surface area contributed by atoms with Crippen molar-refractivity contribution in [2.75, 3.05) is 4.90 Å². The van der Waals surface area contributed by atoms with Crippen LogP contribution in [0, 0.1) is 0 Å². The molecule has 9 aromatic carbocycles. The Hall–Kier alpha value is -6.64. The lowest BCUT2D eigenvalue weighted by atomic mass is 9.72. The van der Waals surface area contributed by atoms with E-state index in [0.29, 0.717) is 0 Å². The lowest BCUT2D eigenvalue weighted by molar-refractivity contribution is 0.633. The summed E-state index contributed by atoms with van der Waals surface area (Å²) in [5, 5.41) is 10.3. The van der Waals surface area contributed by atoms with E-state index in [9.17, 15) is 0 Å². The van der Waals surface area contributed by atoms with Gasteiger partial charge in [0.25, 0.3) is 0 Å². The highest BCUT2D eigenvalue weighted by molar-refractivity contribution is 6.26. The molecule has 2 nitrogen and oxygen atoms in total. The molecular weight excluding hydrogens is 641 g/mol. The summed E-state index contributed by atoms with van der Waals surface area (Å²) in [5.74, 6) is 0. The quantitative estimate of drug-likeness (QED) is 0.169. The first kappa shape index (κ1) is 30.0. The van der Waals surface area contributed by atoms with Gasteiger partial charge in [0.2, 0.25) is 0 Å². The lowest BCUT2D eigenvalue weighted by Crippen LogP contribution is -2.30. The maximum atomic E-state index is 2.52. The van der Waals surface area contributed by atoms with E-state index in [2.05, 4.69) is 205 Å². The largest absolute Gasteiger partial charge is 0.309 e. The van der Waals surface area contributed by atoms with Crippen molar-refractivity contribution in [3.05, 3.63) is 193 Å². The van der Waals surface area contributed by atoms with Gasteiger partial charge in [-0.1, -0.05) is 141 Å². The van der Waals surface area contributed by atoms with Crippen molar-refractivity contribution >= 4 is 71.2 Å². The zero-order chi connectivity index (χ0) is 35.3. The molecule has 0 unspecified atom stereocenters. The van der Waals surface area contributed by atoms with E-state index in [1.165, 1.54) is 93.4 Å². The van der Waals surface area contributed by atoms with Gasteiger partial charge in [0.05, 0.1) is 22.4 Å². The van der Waals surface area contributed by atoms with E-state index in [0.717, 1.165) is 5.69 Å². The van der Waals surface area contributed by atoms with E-state index in [-0.39, 0.29) is 5.41 Å². The van der Waals surface area contributed by atoms with Crippen molar-refractivity contribution in [1.82, 2.24) is 4.57 Å².